The predicted molar refractivity (Wildman–Crippen MR) is 87.9 cm³/mol. The topological polar surface area (TPSA) is 83.3 Å². The Balaban J connectivity index is 1.31. The fraction of sp³-hybridized carbons (Fsp3) is 0.158. The summed E-state index contributed by atoms with van der Waals surface area (Å²) in [6, 6.07) is 16.0. The van der Waals surface area contributed by atoms with Gasteiger partial charge in [-0.05, 0) is 0 Å². The van der Waals surface area contributed by atoms with Crippen LogP contribution in [0.5, 0.6) is 0 Å². The molecule has 124 valence electrons. The summed E-state index contributed by atoms with van der Waals surface area (Å²) in [4.78, 5) is 49.6. The summed E-state index contributed by atoms with van der Waals surface area (Å²) < 4.78 is 0. The molecule has 1 N–H and O–H groups in total. The number of hydrogen-bond donors (Lipinski definition) is 1. The van der Waals surface area contributed by atoms with Gasteiger partial charge in [-0.25, -0.2) is 0 Å². The molecule has 6 nitrogen and oxygen atoms in total. The molecule has 2 atom stereocenters. The molecule has 4 rings (SSSR count). The first-order valence-electron chi connectivity index (χ1n) is 7.92. The van der Waals surface area contributed by atoms with Crippen molar-refractivity contribution >= 4 is 23.4 Å². The molecular formula is C19H14N2O4. The highest BCUT2D eigenvalue weighted by molar-refractivity contribution is 6.44. The number of carbonyl (C=O) groups is 4. The third kappa shape index (κ3) is 2.61. The van der Waals surface area contributed by atoms with Gasteiger partial charge in [0.25, 0.3) is 11.8 Å². The van der Waals surface area contributed by atoms with Crippen molar-refractivity contribution in [1.29, 1.82) is 0 Å². The summed E-state index contributed by atoms with van der Waals surface area (Å²) in [5.74, 6) is -2.42. The van der Waals surface area contributed by atoms with E-state index in [1.165, 1.54) is 4.90 Å². The summed E-state index contributed by atoms with van der Waals surface area (Å²) in [7, 11) is 0. The highest BCUT2D eigenvalue weighted by atomic mass is 16.2. The van der Waals surface area contributed by atoms with Crippen LogP contribution in [0.2, 0.25) is 0 Å². The van der Waals surface area contributed by atoms with Crippen LogP contribution in [0.4, 0.5) is 0 Å². The third-order valence-corrected chi connectivity index (χ3v) is 4.50. The number of nitrogens with one attached hydrogen (secondary N) is 1. The molecule has 2 amide bonds. The van der Waals surface area contributed by atoms with Crippen molar-refractivity contribution in [2.75, 3.05) is 0 Å². The fourth-order valence-corrected chi connectivity index (χ4v) is 3.00. The number of fused-ring (bicyclic) bond motifs is 1. The maximum atomic E-state index is 12.1. The van der Waals surface area contributed by atoms with Crippen LogP contribution in [-0.4, -0.2) is 46.4 Å². The molecule has 2 aromatic rings. The Morgan fingerprint density at radius 3 is 1.72 bits per heavy atom. The molecule has 0 bridgehead atoms. The zero-order valence-corrected chi connectivity index (χ0v) is 13.1. The van der Waals surface area contributed by atoms with E-state index < -0.39 is 23.4 Å². The van der Waals surface area contributed by atoms with Gasteiger partial charge >= 0.3 is 0 Å². The van der Waals surface area contributed by atoms with Crippen LogP contribution in [0.1, 0.15) is 20.7 Å². The normalized spacial score (nSPS) is 22.6. The van der Waals surface area contributed by atoms with Crippen LogP contribution < -0.4 is 5.32 Å². The van der Waals surface area contributed by atoms with Crippen molar-refractivity contribution in [3.63, 3.8) is 0 Å². The Bertz CT molecular complexity index is 862. The monoisotopic (exact) mass is 334 g/mol. The van der Waals surface area contributed by atoms with Gasteiger partial charge in [0.05, 0.1) is 18.1 Å². The summed E-state index contributed by atoms with van der Waals surface area (Å²) in [6.07, 6.45) is 0. The molecule has 0 aromatic heterocycles. The quantitative estimate of drug-likeness (QED) is 0.499. The standard InChI is InChI=1S/C19H14N2O4/c22-16(11-7-3-1-4-8-11)18(24)20-13-14-15(13)21(14)19(25)17(23)12-9-5-2-6-10-12/h1-10,13-15H,(H,20,24). The second kappa shape index (κ2) is 5.66. The van der Waals surface area contributed by atoms with Gasteiger partial charge in [0.1, 0.15) is 0 Å². The Hall–Kier alpha value is -3.28. The number of Topliss-reactive ketones (excluding diaryl/α,β-unsaturated/α-hetero) is 2. The molecule has 2 fully saturated rings. The lowest BCUT2D eigenvalue weighted by Gasteiger charge is -2.15. The molecule has 1 aliphatic carbocycles. The molecular weight excluding hydrogens is 320 g/mol. The van der Waals surface area contributed by atoms with E-state index in [-0.39, 0.29) is 18.1 Å². The molecule has 1 aliphatic heterocycles. The van der Waals surface area contributed by atoms with Gasteiger partial charge in [0.2, 0.25) is 11.6 Å². The summed E-state index contributed by atoms with van der Waals surface area (Å²) >= 11 is 0. The van der Waals surface area contributed by atoms with E-state index in [2.05, 4.69) is 5.32 Å². The first-order valence-corrected chi connectivity index (χ1v) is 7.92. The molecule has 2 aliphatic rings. The largest absolute Gasteiger partial charge is 0.342 e. The Morgan fingerprint density at radius 1 is 0.720 bits per heavy atom. The lowest BCUT2D eigenvalue weighted by atomic mass is 10.1. The van der Waals surface area contributed by atoms with Gasteiger partial charge in [0, 0.05) is 11.1 Å². The van der Waals surface area contributed by atoms with Crippen molar-refractivity contribution in [2.24, 2.45) is 0 Å². The van der Waals surface area contributed by atoms with E-state index in [1.54, 1.807) is 60.7 Å². The smallest absolute Gasteiger partial charge is 0.295 e. The minimum atomic E-state index is -0.690. The van der Waals surface area contributed by atoms with Gasteiger partial charge in [-0.2, -0.15) is 0 Å². The molecule has 0 spiro atoms. The molecule has 25 heavy (non-hydrogen) atoms. The number of nitrogens with zero attached hydrogens (tertiary/aromatic N) is 1. The SMILES string of the molecule is O=C(NC1C2C1N2C(=O)C(=O)c1ccccc1)C(=O)c1ccccc1. The predicted octanol–water partition coefficient (Wildman–Crippen LogP) is 0.830. The highest BCUT2D eigenvalue weighted by Crippen LogP contribution is 2.51. The van der Waals surface area contributed by atoms with E-state index in [0.29, 0.717) is 11.1 Å². The van der Waals surface area contributed by atoms with Gasteiger partial charge in [0.15, 0.2) is 0 Å². The third-order valence-electron chi connectivity index (χ3n) is 4.50. The van der Waals surface area contributed by atoms with Crippen LogP contribution in [-0.2, 0) is 9.59 Å². The Labute approximate surface area is 143 Å². The minimum Gasteiger partial charge on any atom is -0.342 e. The van der Waals surface area contributed by atoms with Gasteiger partial charge in [-0.1, -0.05) is 60.7 Å². The van der Waals surface area contributed by atoms with Crippen LogP contribution in [0.3, 0.4) is 0 Å². The zero-order valence-electron chi connectivity index (χ0n) is 13.1. The minimum absolute atomic E-state index is 0.173. The number of rotatable bonds is 5. The average Bonchev–Trinajstić information content (AvgIpc) is 3.57. The van der Waals surface area contributed by atoms with Crippen LogP contribution in [0.15, 0.2) is 60.7 Å². The fourth-order valence-electron chi connectivity index (χ4n) is 3.00. The number of benzene rings is 2. The van der Waals surface area contributed by atoms with Crippen LogP contribution in [0, 0.1) is 0 Å². The zero-order chi connectivity index (χ0) is 17.6. The van der Waals surface area contributed by atoms with E-state index in [0.717, 1.165) is 0 Å². The number of hydrogen-bond acceptors (Lipinski definition) is 4. The average molecular weight is 334 g/mol. The molecule has 0 radical (unpaired) electrons. The van der Waals surface area contributed by atoms with Crippen molar-refractivity contribution in [1.82, 2.24) is 10.2 Å². The number of carbonyl (C=O) groups excluding carboxylic acids is 4. The van der Waals surface area contributed by atoms with Gasteiger partial charge in [-0.15, -0.1) is 0 Å². The van der Waals surface area contributed by atoms with Crippen LogP contribution >= 0.6 is 0 Å². The highest BCUT2D eigenvalue weighted by Gasteiger charge is 2.76. The molecule has 1 heterocycles. The lowest BCUT2D eigenvalue weighted by Crippen LogP contribution is -2.44. The van der Waals surface area contributed by atoms with Gasteiger partial charge < -0.3 is 10.2 Å². The first-order chi connectivity index (χ1) is 12.1. The van der Waals surface area contributed by atoms with E-state index in [4.69, 9.17) is 0 Å². The Morgan fingerprint density at radius 2 is 1.20 bits per heavy atom. The van der Waals surface area contributed by atoms with Gasteiger partial charge in [-0.3, -0.25) is 19.2 Å². The number of likely N-dealkylation sites (tertiary alicyclic amines) is 1. The number of amides is 2. The number of ketones is 2. The van der Waals surface area contributed by atoms with Crippen molar-refractivity contribution < 1.29 is 19.2 Å². The second-order valence-electron chi connectivity index (χ2n) is 6.08. The Kier molecular flexibility index (Phi) is 3.46. The molecule has 1 saturated carbocycles. The lowest BCUT2D eigenvalue weighted by molar-refractivity contribution is -0.124. The van der Waals surface area contributed by atoms with Crippen molar-refractivity contribution in [3.05, 3.63) is 71.8 Å². The summed E-state index contributed by atoms with van der Waals surface area (Å²) in [5.41, 5.74) is 0.667. The summed E-state index contributed by atoms with van der Waals surface area (Å²) in [6.45, 7) is 0. The second-order valence-corrected chi connectivity index (χ2v) is 6.08. The van der Waals surface area contributed by atoms with E-state index >= 15 is 0 Å². The molecule has 6 heteroatoms. The molecule has 2 unspecified atom stereocenters. The van der Waals surface area contributed by atoms with E-state index in [1.807, 2.05) is 0 Å². The first kappa shape index (κ1) is 15.3. The van der Waals surface area contributed by atoms with Crippen molar-refractivity contribution in [3.8, 4) is 0 Å². The molecule has 1 saturated heterocycles. The maximum Gasteiger partial charge on any atom is 0.295 e. The van der Waals surface area contributed by atoms with Crippen LogP contribution in [0.25, 0.3) is 0 Å². The summed E-state index contributed by atoms with van der Waals surface area (Å²) in [5, 5.41) is 2.62. The van der Waals surface area contributed by atoms with Crippen molar-refractivity contribution in [2.45, 2.75) is 18.1 Å². The van der Waals surface area contributed by atoms with E-state index in [9.17, 15) is 19.2 Å². The molecule has 2 aromatic carbocycles. The maximum absolute atomic E-state index is 12.1.